The molecule has 3 nitrogen and oxygen atoms in total. The summed E-state index contributed by atoms with van der Waals surface area (Å²) in [7, 11) is 0. The minimum absolute atomic E-state index is 0.198. The van der Waals surface area contributed by atoms with Crippen LogP contribution in [-0.4, -0.2) is 18.0 Å². The fourth-order valence-corrected chi connectivity index (χ4v) is 3.45. The van der Waals surface area contributed by atoms with Crippen LogP contribution in [0.4, 0.5) is 4.39 Å². The lowest BCUT2D eigenvalue weighted by atomic mass is 9.73. The third kappa shape index (κ3) is 3.04. The highest BCUT2D eigenvalue weighted by atomic mass is 79.9. The summed E-state index contributed by atoms with van der Waals surface area (Å²) in [5.74, 6) is -0.214. The first-order chi connectivity index (χ1) is 9.48. The third-order valence-electron chi connectivity index (χ3n) is 4.36. The summed E-state index contributed by atoms with van der Waals surface area (Å²) in [5.41, 5.74) is 6.03. The van der Waals surface area contributed by atoms with Gasteiger partial charge >= 0.3 is 0 Å². The van der Waals surface area contributed by atoms with Crippen LogP contribution >= 0.6 is 15.9 Å². The highest BCUT2D eigenvalue weighted by molar-refractivity contribution is 9.10. The van der Waals surface area contributed by atoms with Crippen LogP contribution in [0.1, 0.15) is 43.0 Å². The van der Waals surface area contributed by atoms with Crippen LogP contribution in [0.3, 0.4) is 0 Å². The van der Waals surface area contributed by atoms with Gasteiger partial charge in [-0.3, -0.25) is 4.79 Å². The van der Waals surface area contributed by atoms with Crippen LogP contribution in [0.25, 0.3) is 0 Å². The van der Waals surface area contributed by atoms with E-state index >= 15 is 0 Å². The second kappa shape index (κ2) is 6.22. The Bertz CT molecular complexity index is 509. The first-order valence-electron chi connectivity index (χ1n) is 6.96. The van der Waals surface area contributed by atoms with E-state index in [-0.39, 0.29) is 17.3 Å². The Balaban J connectivity index is 2.20. The Morgan fingerprint density at radius 2 is 2.30 bits per heavy atom. The molecular formula is C15H20BrFN2O. The number of amides is 1. The Kier molecular flexibility index (Phi) is 4.81. The number of hydrogen-bond donors (Lipinski definition) is 2. The maximum Gasteiger partial charge on any atom is 0.252 e. The minimum atomic E-state index is -0.368. The topological polar surface area (TPSA) is 55.1 Å². The van der Waals surface area contributed by atoms with Gasteiger partial charge in [-0.2, -0.15) is 0 Å². The first-order valence-corrected chi connectivity index (χ1v) is 7.75. The van der Waals surface area contributed by atoms with Crippen molar-refractivity contribution in [2.45, 2.75) is 38.1 Å². The quantitative estimate of drug-likeness (QED) is 0.885. The maximum atomic E-state index is 13.1. The molecule has 1 amide bonds. The van der Waals surface area contributed by atoms with Crippen molar-refractivity contribution in [1.82, 2.24) is 5.32 Å². The van der Waals surface area contributed by atoms with Crippen LogP contribution in [0.2, 0.25) is 0 Å². The molecule has 0 saturated heterocycles. The maximum absolute atomic E-state index is 13.1. The van der Waals surface area contributed by atoms with E-state index in [2.05, 4.69) is 28.2 Å². The number of carbonyl (C=O) groups excluding carboxylic acids is 1. The van der Waals surface area contributed by atoms with Crippen molar-refractivity contribution in [2.24, 2.45) is 11.7 Å². The van der Waals surface area contributed by atoms with E-state index in [0.717, 1.165) is 19.3 Å². The van der Waals surface area contributed by atoms with E-state index in [4.69, 9.17) is 5.73 Å². The van der Waals surface area contributed by atoms with Crippen molar-refractivity contribution in [3.8, 4) is 0 Å². The Labute approximate surface area is 127 Å². The lowest BCUT2D eigenvalue weighted by Crippen LogP contribution is -2.59. The van der Waals surface area contributed by atoms with Gasteiger partial charge in [0.25, 0.3) is 5.91 Å². The van der Waals surface area contributed by atoms with E-state index in [1.54, 1.807) is 0 Å². The second-order valence-corrected chi connectivity index (χ2v) is 6.44. The molecule has 0 aliphatic heterocycles. The summed E-state index contributed by atoms with van der Waals surface area (Å²) in [6, 6.07) is 4.08. The molecule has 3 N–H and O–H groups in total. The van der Waals surface area contributed by atoms with Crippen LogP contribution in [-0.2, 0) is 0 Å². The van der Waals surface area contributed by atoms with Gasteiger partial charge in [0.2, 0.25) is 0 Å². The fraction of sp³-hybridized carbons (Fsp3) is 0.533. The largest absolute Gasteiger partial charge is 0.345 e. The van der Waals surface area contributed by atoms with Gasteiger partial charge in [-0.25, -0.2) is 4.39 Å². The van der Waals surface area contributed by atoms with Gasteiger partial charge in [0.1, 0.15) is 5.82 Å². The molecule has 1 aliphatic rings. The van der Waals surface area contributed by atoms with E-state index < -0.39 is 0 Å². The summed E-state index contributed by atoms with van der Waals surface area (Å²) >= 11 is 3.24. The van der Waals surface area contributed by atoms with E-state index in [1.165, 1.54) is 24.6 Å². The van der Waals surface area contributed by atoms with Crippen LogP contribution in [0.15, 0.2) is 22.7 Å². The highest BCUT2D eigenvalue weighted by Gasteiger charge is 2.38. The van der Waals surface area contributed by atoms with Gasteiger partial charge in [0.05, 0.1) is 11.1 Å². The number of nitrogens with two attached hydrogens (primary N) is 1. The summed E-state index contributed by atoms with van der Waals surface area (Å²) in [6.45, 7) is 2.56. The van der Waals surface area contributed by atoms with Crippen LogP contribution in [0.5, 0.6) is 0 Å². The predicted molar refractivity (Wildman–Crippen MR) is 81.0 cm³/mol. The summed E-state index contributed by atoms with van der Waals surface area (Å²) in [6.07, 6.45) is 4.22. The zero-order chi connectivity index (χ0) is 14.8. The molecule has 0 bridgehead atoms. The second-order valence-electron chi connectivity index (χ2n) is 5.59. The smallest absolute Gasteiger partial charge is 0.252 e. The molecule has 1 aromatic rings. The molecular weight excluding hydrogens is 323 g/mol. The fourth-order valence-electron chi connectivity index (χ4n) is 2.92. The number of rotatable bonds is 3. The molecule has 2 unspecified atom stereocenters. The van der Waals surface area contributed by atoms with Gasteiger partial charge in [-0.15, -0.1) is 0 Å². The predicted octanol–water partition coefficient (Wildman–Crippen LogP) is 3.23. The average Bonchev–Trinajstić information content (AvgIpc) is 2.41. The van der Waals surface area contributed by atoms with Crippen LogP contribution in [0, 0.1) is 11.7 Å². The SMILES string of the molecule is CC1CCCCC1(CN)NC(=O)c1ccc(F)cc1Br. The molecule has 0 spiro atoms. The van der Waals surface area contributed by atoms with E-state index in [9.17, 15) is 9.18 Å². The molecule has 2 atom stereocenters. The molecule has 1 saturated carbocycles. The summed E-state index contributed by atoms with van der Waals surface area (Å²) < 4.78 is 13.6. The molecule has 20 heavy (non-hydrogen) atoms. The molecule has 5 heteroatoms. The van der Waals surface area contributed by atoms with Crippen molar-refractivity contribution < 1.29 is 9.18 Å². The highest BCUT2D eigenvalue weighted by Crippen LogP contribution is 2.33. The summed E-state index contributed by atoms with van der Waals surface area (Å²) in [5, 5.41) is 3.09. The average molecular weight is 343 g/mol. The Morgan fingerprint density at radius 3 is 2.90 bits per heavy atom. The lowest BCUT2D eigenvalue weighted by Gasteiger charge is -2.42. The third-order valence-corrected chi connectivity index (χ3v) is 5.01. The monoisotopic (exact) mass is 342 g/mol. The summed E-state index contributed by atoms with van der Waals surface area (Å²) in [4.78, 5) is 12.4. The van der Waals surface area contributed by atoms with Gasteiger partial charge in [-0.1, -0.05) is 19.8 Å². The molecule has 110 valence electrons. The Hall–Kier alpha value is -0.940. The van der Waals surface area contributed by atoms with Gasteiger partial charge in [-0.05, 0) is 52.9 Å². The number of hydrogen-bond acceptors (Lipinski definition) is 2. The first kappa shape index (κ1) is 15.4. The van der Waals surface area contributed by atoms with E-state index in [0.29, 0.717) is 22.5 Å². The van der Waals surface area contributed by atoms with Gasteiger partial charge < -0.3 is 11.1 Å². The lowest BCUT2D eigenvalue weighted by molar-refractivity contribution is 0.0812. The number of benzene rings is 1. The molecule has 1 fully saturated rings. The molecule has 2 rings (SSSR count). The van der Waals surface area contributed by atoms with Crippen LogP contribution < -0.4 is 11.1 Å². The zero-order valence-electron chi connectivity index (χ0n) is 11.6. The van der Waals surface area contributed by atoms with Crippen molar-refractivity contribution in [1.29, 1.82) is 0 Å². The molecule has 0 aromatic heterocycles. The van der Waals surface area contributed by atoms with Crippen molar-refractivity contribution in [2.75, 3.05) is 6.54 Å². The molecule has 0 heterocycles. The number of carbonyl (C=O) groups is 1. The van der Waals surface area contributed by atoms with Crippen molar-refractivity contribution in [3.05, 3.63) is 34.1 Å². The van der Waals surface area contributed by atoms with Gasteiger partial charge in [0, 0.05) is 11.0 Å². The molecule has 1 aliphatic carbocycles. The normalized spacial score (nSPS) is 26.3. The minimum Gasteiger partial charge on any atom is -0.345 e. The molecule has 1 aromatic carbocycles. The Morgan fingerprint density at radius 1 is 1.55 bits per heavy atom. The number of halogens is 2. The van der Waals surface area contributed by atoms with E-state index in [1.807, 2.05) is 0 Å². The molecule has 0 radical (unpaired) electrons. The van der Waals surface area contributed by atoms with Crippen molar-refractivity contribution in [3.63, 3.8) is 0 Å². The number of nitrogens with one attached hydrogen (secondary N) is 1. The van der Waals surface area contributed by atoms with Crippen molar-refractivity contribution >= 4 is 21.8 Å². The standard InChI is InChI=1S/C15H20BrFN2O/c1-10-4-2-3-7-15(10,9-18)19-14(20)12-6-5-11(17)8-13(12)16/h5-6,8,10H,2-4,7,9,18H2,1H3,(H,19,20). The van der Waals surface area contributed by atoms with Gasteiger partial charge in [0.15, 0.2) is 0 Å². The zero-order valence-corrected chi connectivity index (χ0v) is 13.2.